The van der Waals surface area contributed by atoms with Gasteiger partial charge in [-0.3, -0.25) is 0 Å². The summed E-state index contributed by atoms with van der Waals surface area (Å²) in [6, 6.07) is 7.43. The second-order valence-electron chi connectivity index (χ2n) is 3.87. The van der Waals surface area contributed by atoms with Gasteiger partial charge in [0, 0.05) is 34.8 Å². The van der Waals surface area contributed by atoms with Gasteiger partial charge in [0.25, 0.3) is 0 Å². The van der Waals surface area contributed by atoms with Gasteiger partial charge in [0.15, 0.2) is 0 Å². The maximum Gasteiger partial charge on any atom is 0.125 e. The van der Waals surface area contributed by atoms with Crippen molar-refractivity contribution in [1.29, 1.82) is 0 Å². The summed E-state index contributed by atoms with van der Waals surface area (Å²) in [5, 5.41) is 15.0. The molecule has 15 heavy (non-hydrogen) atoms. The fourth-order valence-corrected chi connectivity index (χ4v) is 2.30. The lowest BCUT2D eigenvalue weighted by Gasteiger charge is -2.09. The highest BCUT2D eigenvalue weighted by Gasteiger charge is 2.17. The van der Waals surface area contributed by atoms with Crippen molar-refractivity contribution in [2.45, 2.75) is 6.42 Å². The van der Waals surface area contributed by atoms with E-state index in [1.807, 2.05) is 18.2 Å². The molecule has 0 fully saturated rings. The van der Waals surface area contributed by atoms with Crippen molar-refractivity contribution in [2.75, 3.05) is 17.6 Å². The Morgan fingerprint density at radius 2 is 2.20 bits per heavy atom. The molecule has 1 heterocycles. The highest BCUT2D eigenvalue weighted by atomic mass is 16.3. The van der Waals surface area contributed by atoms with Gasteiger partial charge in [0.05, 0.1) is 0 Å². The van der Waals surface area contributed by atoms with Crippen LogP contribution in [-0.2, 0) is 6.42 Å². The number of rotatable bonds is 0. The minimum absolute atomic E-state index is 0.297. The molecule has 2 aromatic rings. The van der Waals surface area contributed by atoms with Crippen molar-refractivity contribution in [1.82, 2.24) is 0 Å². The Labute approximate surface area is 87.5 Å². The zero-order valence-electron chi connectivity index (χ0n) is 8.25. The minimum Gasteiger partial charge on any atom is -0.507 e. The first-order chi connectivity index (χ1) is 7.27. The largest absolute Gasteiger partial charge is 0.507 e. The molecule has 0 bridgehead atoms. The second kappa shape index (κ2) is 2.79. The molecule has 2 aromatic carbocycles. The van der Waals surface area contributed by atoms with Gasteiger partial charge in [-0.1, -0.05) is 12.1 Å². The topological polar surface area (TPSA) is 58.3 Å². The summed E-state index contributed by atoms with van der Waals surface area (Å²) in [4.78, 5) is 0. The van der Waals surface area contributed by atoms with E-state index in [1.165, 1.54) is 5.56 Å². The molecule has 76 valence electrons. The summed E-state index contributed by atoms with van der Waals surface area (Å²) in [5.41, 5.74) is 8.93. The van der Waals surface area contributed by atoms with Gasteiger partial charge in [0.2, 0.25) is 0 Å². The van der Waals surface area contributed by atoms with Crippen LogP contribution in [0.3, 0.4) is 0 Å². The van der Waals surface area contributed by atoms with Crippen LogP contribution >= 0.6 is 0 Å². The maximum atomic E-state index is 9.86. The van der Waals surface area contributed by atoms with E-state index in [9.17, 15) is 5.11 Å². The Balaban J connectivity index is 2.51. The van der Waals surface area contributed by atoms with E-state index in [0.717, 1.165) is 35.1 Å². The average molecular weight is 200 g/mol. The van der Waals surface area contributed by atoms with Crippen LogP contribution in [0.25, 0.3) is 10.8 Å². The van der Waals surface area contributed by atoms with Gasteiger partial charge in [-0.2, -0.15) is 0 Å². The zero-order valence-corrected chi connectivity index (χ0v) is 8.25. The quantitative estimate of drug-likeness (QED) is 0.571. The first-order valence-electron chi connectivity index (χ1n) is 5.04. The number of aromatic hydroxyl groups is 1. The van der Waals surface area contributed by atoms with Crippen molar-refractivity contribution < 1.29 is 5.11 Å². The molecule has 3 heteroatoms. The van der Waals surface area contributed by atoms with E-state index < -0.39 is 0 Å². The number of hydrogen-bond acceptors (Lipinski definition) is 3. The maximum absolute atomic E-state index is 9.86. The standard InChI is InChI=1S/C12H12N2O/c13-9-3-1-2-8-11(15)6-10-7(12(8)9)4-5-14-10/h1-3,6,14-15H,4-5,13H2. The number of nitrogens with two attached hydrogens (primary N) is 1. The Kier molecular flexibility index (Phi) is 1.57. The normalized spacial score (nSPS) is 13.9. The lowest BCUT2D eigenvalue weighted by Crippen LogP contribution is -1.91. The molecule has 0 unspecified atom stereocenters. The molecule has 0 spiro atoms. The number of phenolic OH excluding ortho intramolecular Hbond substituents is 1. The highest BCUT2D eigenvalue weighted by molar-refractivity contribution is 6.02. The molecule has 4 N–H and O–H groups in total. The van der Waals surface area contributed by atoms with E-state index in [2.05, 4.69) is 5.32 Å². The Bertz CT molecular complexity index is 549. The van der Waals surface area contributed by atoms with E-state index in [4.69, 9.17) is 5.73 Å². The van der Waals surface area contributed by atoms with Crippen LogP contribution in [0, 0.1) is 0 Å². The van der Waals surface area contributed by atoms with E-state index in [1.54, 1.807) is 6.07 Å². The van der Waals surface area contributed by atoms with E-state index in [-0.39, 0.29) is 0 Å². The molecule has 0 saturated carbocycles. The van der Waals surface area contributed by atoms with Crippen LogP contribution in [0.1, 0.15) is 5.56 Å². The molecule has 0 aliphatic carbocycles. The van der Waals surface area contributed by atoms with Crippen LogP contribution in [0.15, 0.2) is 24.3 Å². The molecule has 3 nitrogen and oxygen atoms in total. The number of phenols is 1. The first kappa shape index (κ1) is 8.41. The van der Waals surface area contributed by atoms with E-state index in [0.29, 0.717) is 5.75 Å². The highest BCUT2D eigenvalue weighted by Crippen LogP contribution is 2.39. The molecule has 0 radical (unpaired) electrons. The van der Waals surface area contributed by atoms with Crippen molar-refractivity contribution in [2.24, 2.45) is 0 Å². The van der Waals surface area contributed by atoms with Crippen molar-refractivity contribution in [3.8, 4) is 5.75 Å². The molecular weight excluding hydrogens is 188 g/mol. The van der Waals surface area contributed by atoms with Crippen LogP contribution in [0.5, 0.6) is 5.75 Å². The summed E-state index contributed by atoms with van der Waals surface area (Å²) in [5.74, 6) is 0.297. The number of anilines is 2. The predicted molar refractivity (Wildman–Crippen MR) is 62.2 cm³/mol. The third-order valence-electron chi connectivity index (χ3n) is 2.97. The Hall–Kier alpha value is -1.90. The molecule has 1 aliphatic heterocycles. The molecular formula is C12H12N2O. The summed E-state index contributed by atoms with van der Waals surface area (Å²) >= 11 is 0. The molecule has 0 aromatic heterocycles. The minimum atomic E-state index is 0.297. The number of fused-ring (bicyclic) bond motifs is 3. The van der Waals surface area contributed by atoms with Crippen molar-refractivity contribution in [3.63, 3.8) is 0 Å². The van der Waals surface area contributed by atoms with Crippen LogP contribution in [-0.4, -0.2) is 11.7 Å². The lowest BCUT2D eigenvalue weighted by atomic mass is 10.00. The van der Waals surface area contributed by atoms with Gasteiger partial charge in [-0.15, -0.1) is 0 Å². The predicted octanol–water partition coefficient (Wildman–Crippen LogP) is 2.10. The molecule has 0 atom stereocenters. The lowest BCUT2D eigenvalue weighted by molar-refractivity contribution is 0.482. The van der Waals surface area contributed by atoms with E-state index >= 15 is 0 Å². The average Bonchev–Trinajstić information content (AvgIpc) is 2.66. The monoisotopic (exact) mass is 200 g/mol. The summed E-state index contributed by atoms with van der Waals surface area (Å²) in [6.07, 6.45) is 0.973. The zero-order chi connectivity index (χ0) is 10.4. The third kappa shape index (κ3) is 1.06. The van der Waals surface area contributed by atoms with Crippen LogP contribution in [0.2, 0.25) is 0 Å². The van der Waals surface area contributed by atoms with Crippen LogP contribution < -0.4 is 11.1 Å². The SMILES string of the molecule is Nc1cccc2c(O)cc3c(c12)CCN3. The molecule has 3 rings (SSSR count). The third-order valence-corrected chi connectivity index (χ3v) is 2.97. The number of benzene rings is 2. The second-order valence-corrected chi connectivity index (χ2v) is 3.87. The van der Waals surface area contributed by atoms with Gasteiger partial charge in [0.1, 0.15) is 5.75 Å². The number of nitrogen functional groups attached to an aromatic ring is 1. The van der Waals surface area contributed by atoms with Gasteiger partial charge >= 0.3 is 0 Å². The summed E-state index contributed by atoms with van der Waals surface area (Å²) in [7, 11) is 0. The fraction of sp³-hybridized carbons (Fsp3) is 0.167. The van der Waals surface area contributed by atoms with Crippen molar-refractivity contribution in [3.05, 3.63) is 29.8 Å². The van der Waals surface area contributed by atoms with Crippen molar-refractivity contribution >= 4 is 22.1 Å². The first-order valence-corrected chi connectivity index (χ1v) is 5.04. The summed E-state index contributed by atoms with van der Waals surface area (Å²) in [6.45, 7) is 0.919. The Morgan fingerprint density at radius 1 is 1.33 bits per heavy atom. The Morgan fingerprint density at radius 3 is 3.07 bits per heavy atom. The summed E-state index contributed by atoms with van der Waals surface area (Å²) < 4.78 is 0. The van der Waals surface area contributed by atoms with Gasteiger partial charge in [-0.05, 0) is 18.1 Å². The van der Waals surface area contributed by atoms with Crippen LogP contribution in [0.4, 0.5) is 11.4 Å². The van der Waals surface area contributed by atoms with Gasteiger partial charge in [-0.25, -0.2) is 0 Å². The molecule has 0 amide bonds. The number of nitrogens with one attached hydrogen (secondary N) is 1. The fourth-order valence-electron chi connectivity index (χ4n) is 2.30. The molecule has 0 saturated heterocycles. The number of hydrogen-bond donors (Lipinski definition) is 3. The molecule has 1 aliphatic rings. The smallest absolute Gasteiger partial charge is 0.125 e. The van der Waals surface area contributed by atoms with Gasteiger partial charge < -0.3 is 16.2 Å².